The zero-order chi connectivity index (χ0) is 13.8. The molecular formula is C16H26O2. The maximum Gasteiger partial charge on any atom is 0.333 e. The average molecular weight is 250 g/mol. The van der Waals surface area contributed by atoms with Crippen molar-refractivity contribution in [2.45, 2.75) is 65.9 Å². The van der Waals surface area contributed by atoms with Gasteiger partial charge in [-0.2, -0.15) is 0 Å². The molecule has 2 fully saturated rings. The van der Waals surface area contributed by atoms with Crippen LogP contribution in [0.2, 0.25) is 0 Å². The molecule has 3 unspecified atom stereocenters. The average Bonchev–Trinajstić information content (AvgIpc) is 2.56. The number of hydrogen-bond donors (Lipinski definition) is 0. The van der Waals surface area contributed by atoms with Crippen LogP contribution in [0.3, 0.4) is 0 Å². The molecule has 2 saturated carbocycles. The summed E-state index contributed by atoms with van der Waals surface area (Å²) in [6.45, 7) is 14.4. The summed E-state index contributed by atoms with van der Waals surface area (Å²) in [6.07, 6.45) is 4.79. The summed E-state index contributed by atoms with van der Waals surface area (Å²) >= 11 is 0. The molecule has 0 spiro atoms. The number of carbonyl (C=O) groups is 1. The van der Waals surface area contributed by atoms with Crippen LogP contribution in [0.25, 0.3) is 0 Å². The summed E-state index contributed by atoms with van der Waals surface area (Å²) in [5.74, 6) is 0.426. The van der Waals surface area contributed by atoms with Gasteiger partial charge in [-0.15, -0.1) is 0 Å². The monoisotopic (exact) mass is 250 g/mol. The van der Waals surface area contributed by atoms with Crippen LogP contribution in [0.4, 0.5) is 0 Å². The van der Waals surface area contributed by atoms with Gasteiger partial charge in [0.05, 0.1) is 0 Å². The lowest BCUT2D eigenvalue weighted by Gasteiger charge is -2.53. The molecule has 2 bridgehead atoms. The Kier molecular flexibility index (Phi) is 2.92. The largest absolute Gasteiger partial charge is 0.455 e. The molecule has 2 aliphatic rings. The molecule has 102 valence electrons. The van der Waals surface area contributed by atoms with Crippen molar-refractivity contribution in [3.8, 4) is 0 Å². The molecule has 0 aliphatic heterocycles. The number of carbonyl (C=O) groups excluding carboxylic acids is 1. The standard InChI is InChI=1S/C16H26O2/c1-11(2)13(17)18-16(6)10-15(5)8-7-12(9-15)14(16,3)4/h12H,1,7-10H2,2-6H3. The van der Waals surface area contributed by atoms with E-state index < -0.39 is 0 Å². The van der Waals surface area contributed by atoms with Gasteiger partial charge in [-0.3, -0.25) is 0 Å². The maximum atomic E-state index is 11.9. The van der Waals surface area contributed by atoms with Crippen molar-refractivity contribution in [2.75, 3.05) is 0 Å². The molecule has 0 heterocycles. The predicted octanol–water partition coefficient (Wildman–Crippen LogP) is 4.10. The Morgan fingerprint density at radius 2 is 1.89 bits per heavy atom. The van der Waals surface area contributed by atoms with Crippen LogP contribution in [-0.2, 0) is 9.53 Å². The summed E-state index contributed by atoms with van der Waals surface area (Å²) < 4.78 is 5.86. The minimum Gasteiger partial charge on any atom is -0.455 e. The summed E-state index contributed by atoms with van der Waals surface area (Å²) in [7, 11) is 0. The first-order valence-electron chi connectivity index (χ1n) is 6.99. The van der Waals surface area contributed by atoms with E-state index in [9.17, 15) is 4.79 Å². The van der Waals surface area contributed by atoms with Gasteiger partial charge in [0.25, 0.3) is 0 Å². The maximum absolute atomic E-state index is 11.9. The van der Waals surface area contributed by atoms with Gasteiger partial charge in [-0.05, 0) is 50.9 Å². The molecule has 0 N–H and O–H groups in total. The van der Waals surface area contributed by atoms with Gasteiger partial charge in [-0.25, -0.2) is 4.79 Å². The van der Waals surface area contributed by atoms with Gasteiger partial charge >= 0.3 is 5.97 Å². The van der Waals surface area contributed by atoms with Crippen molar-refractivity contribution in [1.29, 1.82) is 0 Å². The molecule has 18 heavy (non-hydrogen) atoms. The molecule has 0 aromatic carbocycles. The molecule has 0 saturated heterocycles. The highest BCUT2D eigenvalue weighted by Crippen LogP contribution is 2.63. The lowest BCUT2D eigenvalue weighted by atomic mass is 9.57. The molecule has 0 aromatic heterocycles. The van der Waals surface area contributed by atoms with Gasteiger partial charge in [-0.1, -0.05) is 27.4 Å². The Balaban J connectivity index is 2.30. The Hall–Kier alpha value is -0.790. The highest BCUT2D eigenvalue weighted by molar-refractivity contribution is 5.87. The van der Waals surface area contributed by atoms with Gasteiger partial charge in [0, 0.05) is 11.0 Å². The van der Waals surface area contributed by atoms with Crippen LogP contribution in [0, 0.1) is 16.7 Å². The number of fused-ring (bicyclic) bond motifs is 2. The third-order valence-corrected chi connectivity index (χ3v) is 5.65. The first-order chi connectivity index (χ1) is 8.10. The minimum absolute atomic E-state index is 0.0497. The van der Waals surface area contributed by atoms with Crippen molar-refractivity contribution in [3.05, 3.63) is 12.2 Å². The van der Waals surface area contributed by atoms with Crippen LogP contribution in [0.1, 0.15) is 60.3 Å². The smallest absolute Gasteiger partial charge is 0.333 e. The fourth-order valence-electron chi connectivity index (χ4n) is 4.03. The molecule has 0 amide bonds. The predicted molar refractivity (Wildman–Crippen MR) is 73.2 cm³/mol. The highest BCUT2D eigenvalue weighted by Gasteiger charge is 2.60. The quantitative estimate of drug-likeness (QED) is 0.545. The van der Waals surface area contributed by atoms with Crippen molar-refractivity contribution >= 4 is 5.97 Å². The van der Waals surface area contributed by atoms with Crippen LogP contribution in [-0.4, -0.2) is 11.6 Å². The molecule has 2 nitrogen and oxygen atoms in total. The zero-order valence-electron chi connectivity index (χ0n) is 12.4. The minimum atomic E-state index is -0.364. The lowest BCUT2D eigenvalue weighted by Crippen LogP contribution is -2.54. The second-order valence-electron chi connectivity index (χ2n) is 7.55. The molecule has 0 aromatic rings. The van der Waals surface area contributed by atoms with E-state index in [1.54, 1.807) is 6.92 Å². The van der Waals surface area contributed by atoms with E-state index in [4.69, 9.17) is 4.74 Å². The Morgan fingerprint density at radius 3 is 2.44 bits per heavy atom. The Morgan fingerprint density at radius 1 is 1.28 bits per heavy atom. The number of rotatable bonds is 2. The van der Waals surface area contributed by atoms with E-state index in [0.29, 0.717) is 16.9 Å². The van der Waals surface area contributed by atoms with Crippen LogP contribution < -0.4 is 0 Å². The second-order valence-corrected chi connectivity index (χ2v) is 7.55. The fraction of sp³-hybridized carbons (Fsp3) is 0.812. The summed E-state index contributed by atoms with van der Waals surface area (Å²) in [4.78, 5) is 11.9. The summed E-state index contributed by atoms with van der Waals surface area (Å²) in [5, 5.41) is 0. The zero-order valence-corrected chi connectivity index (χ0v) is 12.4. The number of ether oxygens (including phenoxy) is 1. The molecule has 3 atom stereocenters. The van der Waals surface area contributed by atoms with Crippen molar-refractivity contribution in [1.82, 2.24) is 0 Å². The fourth-order valence-corrected chi connectivity index (χ4v) is 4.03. The van der Waals surface area contributed by atoms with Gasteiger partial charge in [0.2, 0.25) is 0 Å². The third-order valence-electron chi connectivity index (χ3n) is 5.65. The van der Waals surface area contributed by atoms with Gasteiger partial charge < -0.3 is 4.74 Å². The van der Waals surface area contributed by atoms with E-state index in [-0.39, 0.29) is 17.0 Å². The molecule has 2 aliphatic carbocycles. The second kappa shape index (κ2) is 3.85. The first kappa shape index (κ1) is 13.6. The van der Waals surface area contributed by atoms with Crippen molar-refractivity contribution in [3.63, 3.8) is 0 Å². The molecule has 2 rings (SSSR count). The normalized spacial score (nSPS) is 41.5. The van der Waals surface area contributed by atoms with Gasteiger partial charge in [0.15, 0.2) is 0 Å². The first-order valence-corrected chi connectivity index (χ1v) is 6.99. The Labute approximate surface area is 111 Å². The van der Waals surface area contributed by atoms with Crippen LogP contribution in [0.5, 0.6) is 0 Å². The number of esters is 1. The molecular weight excluding hydrogens is 224 g/mol. The lowest BCUT2D eigenvalue weighted by molar-refractivity contribution is -0.186. The van der Waals surface area contributed by atoms with Gasteiger partial charge in [0.1, 0.15) is 5.60 Å². The topological polar surface area (TPSA) is 26.3 Å². The van der Waals surface area contributed by atoms with Crippen LogP contribution >= 0.6 is 0 Å². The molecule has 0 radical (unpaired) electrons. The van der Waals surface area contributed by atoms with E-state index in [1.807, 2.05) is 0 Å². The van der Waals surface area contributed by atoms with E-state index in [1.165, 1.54) is 19.3 Å². The van der Waals surface area contributed by atoms with E-state index in [0.717, 1.165) is 6.42 Å². The summed E-state index contributed by atoms with van der Waals surface area (Å²) in [6, 6.07) is 0. The van der Waals surface area contributed by atoms with Crippen molar-refractivity contribution < 1.29 is 9.53 Å². The molecule has 2 heteroatoms. The van der Waals surface area contributed by atoms with E-state index in [2.05, 4.69) is 34.3 Å². The summed E-state index contributed by atoms with van der Waals surface area (Å²) in [5.41, 5.74) is 0.533. The highest BCUT2D eigenvalue weighted by atomic mass is 16.6. The van der Waals surface area contributed by atoms with Crippen LogP contribution in [0.15, 0.2) is 12.2 Å². The van der Waals surface area contributed by atoms with E-state index >= 15 is 0 Å². The Bertz CT molecular complexity index is 396. The third kappa shape index (κ3) is 1.90. The SMILES string of the molecule is C=C(C)C(=O)OC1(C)CC2(C)CCC(C2)C1(C)C. The number of hydrogen-bond acceptors (Lipinski definition) is 2. The van der Waals surface area contributed by atoms with Crippen molar-refractivity contribution in [2.24, 2.45) is 16.7 Å².